The van der Waals surface area contributed by atoms with Gasteiger partial charge in [-0.15, -0.1) is 0 Å². The Balaban J connectivity index is 2.03. The lowest BCUT2D eigenvalue weighted by molar-refractivity contribution is -0.119. The number of carbonyl (C=O) groups is 2. The maximum absolute atomic E-state index is 12.0. The summed E-state index contributed by atoms with van der Waals surface area (Å²) in [7, 11) is 1.42. The minimum absolute atomic E-state index is 0.0259. The van der Waals surface area contributed by atoms with Crippen LogP contribution in [0.3, 0.4) is 0 Å². The molecule has 8 nitrogen and oxygen atoms in total. The molecule has 0 bridgehead atoms. The van der Waals surface area contributed by atoms with E-state index in [0.717, 1.165) is 0 Å². The maximum Gasteiger partial charge on any atom is 0.338 e. The second kappa shape index (κ2) is 7.30. The Bertz CT molecular complexity index is 710. The van der Waals surface area contributed by atoms with Gasteiger partial charge in [-0.05, 0) is 25.1 Å². The van der Waals surface area contributed by atoms with Crippen LogP contribution < -0.4 is 15.2 Å². The lowest BCUT2D eigenvalue weighted by atomic mass is 10.2. The number of carbonyl (C=O) groups excluding carboxylic acids is 2. The summed E-state index contributed by atoms with van der Waals surface area (Å²) in [6, 6.07) is 6.11. The quantitative estimate of drug-likeness (QED) is 0.763. The molecule has 1 aromatic heterocycles. The van der Waals surface area contributed by atoms with Crippen molar-refractivity contribution in [1.29, 1.82) is 0 Å². The van der Waals surface area contributed by atoms with Crippen LogP contribution in [0.15, 0.2) is 28.8 Å². The van der Waals surface area contributed by atoms with Crippen molar-refractivity contribution in [3.63, 3.8) is 0 Å². The molecule has 8 heteroatoms. The van der Waals surface area contributed by atoms with Crippen molar-refractivity contribution in [1.82, 2.24) is 5.16 Å². The Labute approximate surface area is 132 Å². The SMILES string of the molecule is COc1cc(C(=O)OCc2cc(C)no2)ccc1OCC(N)=O. The Hall–Kier alpha value is -3.03. The summed E-state index contributed by atoms with van der Waals surface area (Å²) in [6.07, 6.45) is 0. The van der Waals surface area contributed by atoms with Crippen LogP contribution in [0.2, 0.25) is 0 Å². The molecule has 0 aliphatic rings. The zero-order valence-corrected chi connectivity index (χ0v) is 12.7. The van der Waals surface area contributed by atoms with Gasteiger partial charge in [-0.2, -0.15) is 0 Å². The molecule has 0 aliphatic heterocycles. The van der Waals surface area contributed by atoms with Crippen LogP contribution in [0.1, 0.15) is 21.8 Å². The van der Waals surface area contributed by atoms with Crippen molar-refractivity contribution in [3.8, 4) is 11.5 Å². The average molecular weight is 320 g/mol. The number of benzene rings is 1. The lowest BCUT2D eigenvalue weighted by Crippen LogP contribution is -2.20. The Morgan fingerprint density at radius 2 is 2.04 bits per heavy atom. The third-order valence-corrected chi connectivity index (χ3v) is 2.79. The van der Waals surface area contributed by atoms with Crippen molar-refractivity contribution < 1.29 is 28.3 Å². The van der Waals surface area contributed by atoms with E-state index >= 15 is 0 Å². The van der Waals surface area contributed by atoms with E-state index in [1.807, 2.05) is 0 Å². The van der Waals surface area contributed by atoms with E-state index in [9.17, 15) is 9.59 Å². The van der Waals surface area contributed by atoms with Crippen LogP contribution in [0.5, 0.6) is 11.5 Å². The molecule has 2 rings (SSSR count). The van der Waals surface area contributed by atoms with E-state index in [4.69, 9.17) is 24.5 Å². The summed E-state index contributed by atoms with van der Waals surface area (Å²) in [5.74, 6) is -0.133. The Kier molecular flexibility index (Phi) is 5.19. The predicted molar refractivity (Wildman–Crippen MR) is 78.0 cm³/mol. The van der Waals surface area contributed by atoms with Gasteiger partial charge < -0.3 is 24.5 Å². The van der Waals surface area contributed by atoms with Crippen LogP contribution >= 0.6 is 0 Å². The number of methoxy groups -OCH3 is 1. The fourth-order valence-electron chi connectivity index (χ4n) is 1.77. The van der Waals surface area contributed by atoms with Crippen LogP contribution in [-0.2, 0) is 16.1 Å². The first-order valence-electron chi connectivity index (χ1n) is 6.68. The van der Waals surface area contributed by atoms with Crippen LogP contribution in [-0.4, -0.2) is 30.7 Å². The van der Waals surface area contributed by atoms with Gasteiger partial charge in [0.15, 0.2) is 30.5 Å². The van der Waals surface area contributed by atoms with E-state index in [1.165, 1.54) is 25.3 Å². The van der Waals surface area contributed by atoms with Gasteiger partial charge in [0.1, 0.15) is 0 Å². The van der Waals surface area contributed by atoms with Crippen LogP contribution in [0.4, 0.5) is 0 Å². The second-order valence-electron chi connectivity index (χ2n) is 4.63. The van der Waals surface area contributed by atoms with E-state index in [1.54, 1.807) is 13.0 Å². The number of aromatic nitrogens is 1. The highest BCUT2D eigenvalue weighted by molar-refractivity contribution is 5.90. The van der Waals surface area contributed by atoms with Gasteiger partial charge in [0.05, 0.1) is 18.4 Å². The largest absolute Gasteiger partial charge is 0.493 e. The number of esters is 1. The fraction of sp³-hybridized carbons (Fsp3) is 0.267. The standard InChI is InChI=1S/C15H16N2O6/c1-9-5-11(23-17-9)7-22-15(19)10-3-4-12(13(6-10)20-2)21-8-14(16)18/h3-6H,7-8H2,1-2H3,(H2,16,18). The summed E-state index contributed by atoms with van der Waals surface area (Å²) in [5.41, 5.74) is 5.98. The van der Waals surface area contributed by atoms with E-state index in [2.05, 4.69) is 5.16 Å². The van der Waals surface area contributed by atoms with Crippen molar-refractivity contribution in [2.75, 3.05) is 13.7 Å². The highest BCUT2D eigenvalue weighted by Crippen LogP contribution is 2.28. The van der Waals surface area contributed by atoms with Crippen molar-refractivity contribution in [3.05, 3.63) is 41.3 Å². The molecule has 1 heterocycles. The lowest BCUT2D eigenvalue weighted by Gasteiger charge is -2.10. The highest BCUT2D eigenvalue weighted by atomic mass is 16.6. The number of ether oxygens (including phenoxy) is 3. The van der Waals surface area contributed by atoms with Gasteiger partial charge in [0.2, 0.25) is 0 Å². The molecule has 122 valence electrons. The third-order valence-electron chi connectivity index (χ3n) is 2.79. The van der Waals surface area contributed by atoms with Gasteiger partial charge in [-0.3, -0.25) is 4.79 Å². The first-order chi connectivity index (χ1) is 11.0. The molecule has 0 spiro atoms. The summed E-state index contributed by atoms with van der Waals surface area (Å²) >= 11 is 0. The monoisotopic (exact) mass is 320 g/mol. The zero-order chi connectivity index (χ0) is 16.8. The number of nitrogens with zero attached hydrogens (tertiary/aromatic N) is 1. The number of hydrogen-bond acceptors (Lipinski definition) is 7. The van der Waals surface area contributed by atoms with Gasteiger partial charge >= 0.3 is 5.97 Å². The third kappa shape index (κ3) is 4.47. The molecule has 1 amide bonds. The summed E-state index contributed by atoms with van der Waals surface area (Å²) in [6.45, 7) is 1.46. The minimum Gasteiger partial charge on any atom is -0.493 e. The number of primary amides is 1. The topological polar surface area (TPSA) is 114 Å². The maximum atomic E-state index is 12.0. The van der Waals surface area contributed by atoms with Crippen LogP contribution in [0.25, 0.3) is 0 Å². The Morgan fingerprint density at radius 3 is 2.65 bits per heavy atom. The van der Waals surface area contributed by atoms with E-state index in [0.29, 0.717) is 17.2 Å². The van der Waals surface area contributed by atoms with Gasteiger partial charge in [0, 0.05) is 6.07 Å². The van der Waals surface area contributed by atoms with Crippen LogP contribution in [0, 0.1) is 6.92 Å². The average Bonchev–Trinajstić information content (AvgIpc) is 2.95. The molecule has 0 saturated heterocycles. The summed E-state index contributed by atoms with van der Waals surface area (Å²) in [5, 5.41) is 3.70. The highest BCUT2D eigenvalue weighted by Gasteiger charge is 2.14. The van der Waals surface area contributed by atoms with Gasteiger partial charge in [-0.25, -0.2) is 4.79 Å². The van der Waals surface area contributed by atoms with Crippen molar-refractivity contribution in [2.24, 2.45) is 5.73 Å². The molecule has 0 atom stereocenters. The number of aryl methyl sites for hydroxylation is 1. The number of hydrogen-bond donors (Lipinski definition) is 1. The molecule has 2 N–H and O–H groups in total. The van der Waals surface area contributed by atoms with Gasteiger partial charge in [0.25, 0.3) is 5.91 Å². The van der Waals surface area contributed by atoms with Crippen molar-refractivity contribution >= 4 is 11.9 Å². The van der Waals surface area contributed by atoms with E-state index in [-0.39, 0.29) is 24.5 Å². The first-order valence-corrected chi connectivity index (χ1v) is 6.68. The number of rotatable bonds is 7. The first kappa shape index (κ1) is 16.3. The molecule has 23 heavy (non-hydrogen) atoms. The number of amides is 1. The predicted octanol–water partition coefficient (Wildman–Crippen LogP) is 1.21. The molecular weight excluding hydrogens is 304 g/mol. The summed E-state index contributed by atoms with van der Waals surface area (Å²) < 4.78 is 20.4. The normalized spacial score (nSPS) is 10.2. The minimum atomic E-state index is -0.613. The Morgan fingerprint density at radius 1 is 1.26 bits per heavy atom. The number of nitrogens with two attached hydrogens (primary N) is 1. The second-order valence-corrected chi connectivity index (χ2v) is 4.63. The molecule has 0 unspecified atom stereocenters. The molecule has 0 fully saturated rings. The fourth-order valence-corrected chi connectivity index (χ4v) is 1.77. The zero-order valence-electron chi connectivity index (χ0n) is 12.7. The molecule has 2 aromatic rings. The molecule has 0 aliphatic carbocycles. The molecule has 0 saturated carbocycles. The summed E-state index contributed by atoms with van der Waals surface area (Å²) in [4.78, 5) is 22.8. The molecule has 1 aromatic carbocycles. The molecular formula is C15H16N2O6. The van der Waals surface area contributed by atoms with Gasteiger partial charge in [-0.1, -0.05) is 5.16 Å². The smallest absolute Gasteiger partial charge is 0.338 e. The van der Waals surface area contributed by atoms with E-state index < -0.39 is 11.9 Å². The van der Waals surface area contributed by atoms with Crippen molar-refractivity contribution in [2.45, 2.75) is 13.5 Å². The molecule has 0 radical (unpaired) electrons.